The molecule has 0 bridgehead atoms. The Hall–Kier alpha value is -0.910. The first-order chi connectivity index (χ1) is 8.69. The molecule has 2 rings (SSSR count). The van der Waals surface area contributed by atoms with Crippen LogP contribution in [0.3, 0.4) is 0 Å². The van der Waals surface area contributed by atoms with Crippen molar-refractivity contribution in [1.82, 2.24) is 9.78 Å². The average Bonchev–Trinajstić information content (AvgIpc) is 2.78. The van der Waals surface area contributed by atoms with Crippen molar-refractivity contribution in [3.63, 3.8) is 0 Å². The van der Waals surface area contributed by atoms with E-state index in [1.165, 1.54) is 0 Å². The number of rotatable bonds is 5. The van der Waals surface area contributed by atoms with Crippen LogP contribution >= 0.6 is 0 Å². The molecule has 0 saturated carbocycles. The van der Waals surface area contributed by atoms with Crippen LogP contribution in [-0.2, 0) is 22.6 Å². The van der Waals surface area contributed by atoms with Crippen LogP contribution in [0.1, 0.15) is 31.2 Å². The number of ether oxygens (including phenoxy) is 2. The number of hydrogen-bond donors (Lipinski definition) is 1. The molecular weight excluding hydrogens is 230 g/mol. The highest BCUT2D eigenvalue weighted by molar-refractivity contribution is 5.08. The Labute approximate surface area is 108 Å². The number of nitrogens with zero attached hydrogens (tertiary/aromatic N) is 2. The Morgan fingerprint density at radius 3 is 3.06 bits per heavy atom. The molecule has 5 heteroatoms. The third-order valence-corrected chi connectivity index (χ3v) is 3.47. The SMILES string of the molecule is CCn1nc(C)cc1COC1(CN)CCCOC1. The van der Waals surface area contributed by atoms with Crippen LogP contribution in [0, 0.1) is 6.92 Å². The summed E-state index contributed by atoms with van der Waals surface area (Å²) in [6.45, 7) is 7.41. The number of aromatic nitrogens is 2. The minimum Gasteiger partial charge on any atom is -0.378 e. The third kappa shape index (κ3) is 2.91. The number of hydrogen-bond acceptors (Lipinski definition) is 4. The molecule has 1 aromatic heterocycles. The number of aryl methyl sites for hydroxylation is 2. The Morgan fingerprint density at radius 1 is 1.61 bits per heavy atom. The fourth-order valence-electron chi connectivity index (χ4n) is 2.38. The average molecular weight is 253 g/mol. The molecule has 1 atom stereocenters. The lowest BCUT2D eigenvalue weighted by Crippen LogP contribution is -2.47. The van der Waals surface area contributed by atoms with Crippen molar-refractivity contribution in [2.24, 2.45) is 5.73 Å². The summed E-state index contributed by atoms with van der Waals surface area (Å²) in [4.78, 5) is 0. The van der Waals surface area contributed by atoms with E-state index in [0.717, 1.165) is 37.4 Å². The Bertz CT molecular complexity index is 384. The Morgan fingerprint density at radius 2 is 2.44 bits per heavy atom. The van der Waals surface area contributed by atoms with Gasteiger partial charge in [0.25, 0.3) is 0 Å². The minimum absolute atomic E-state index is 0.311. The zero-order chi connectivity index (χ0) is 13.0. The van der Waals surface area contributed by atoms with E-state index < -0.39 is 0 Å². The molecule has 0 spiro atoms. The van der Waals surface area contributed by atoms with Crippen LogP contribution < -0.4 is 5.73 Å². The van der Waals surface area contributed by atoms with Gasteiger partial charge in [0.15, 0.2) is 0 Å². The van der Waals surface area contributed by atoms with Crippen molar-refractivity contribution in [2.45, 2.75) is 45.4 Å². The van der Waals surface area contributed by atoms with Gasteiger partial charge in [0, 0.05) is 19.7 Å². The maximum Gasteiger partial charge on any atom is 0.104 e. The van der Waals surface area contributed by atoms with Crippen LogP contribution in [0.25, 0.3) is 0 Å². The highest BCUT2D eigenvalue weighted by Gasteiger charge is 2.32. The van der Waals surface area contributed by atoms with Gasteiger partial charge >= 0.3 is 0 Å². The van der Waals surface area contributed by atoms with E-state index in [2.05, 4.69) is 18.1 Å². The molecule has 1 saturated heterocycles. The molecule has 1 aromatic rings. The first-order valence-corrected chi connectivity index (χ1v) is 6.64. The lowest BCUT2D eigenvalue weighted by atomic mass is 9.96. The van der Waals surface area contributed by atoms with E-state index in [1.807, 2.05) is 11.6 Å². The molecule has 102 valence electrons. The normalized spacial score (nSPS) is 24.4. The van der Waals surface area contributed by atoms with E-state index >= 15 is 0 Å². The van der Waals surface area contributed by atoms with E-state index in [1.54, 1.807) is 0 Å². The molecule has 2 heterocycles. The Balaban J connectivity index is 2.00. The molecule has 1 aliphatic rings. The maximum atomic E-state index is 6.05. The smallest absolute Gasteiger partial charge is 0.104 e. The topological polar surface area (TPSA) is 62.3 Å². The zero-order valence-electron chi connectivity index (χ0n) is 11.3. The van der Waals surface area contributed by atoms with Gasteiger partial charge in [-0.1, -0.05) is 0 Å². The predicted octanol–water partition coefficient (Wildman–Crippen LogP) is 1.24. The second-order valence-electron chi connectivity index (χ2n) is 4.92. The monoisotopic (exact) mass is 253 g/mol. The summed E-state index contributed by atoms with van der Waals surface area (Å²) in [7, 11) is 0. The predicted molar refractivity (Wildman–Crippen MR) is 69.3 cm³/mol. The summed E-state index contributed by atoms with van der Waals surface area (Å²) in [6, 6.07) is 2.07. The molecule has 18 heavy (non-hydrogen) atoms. The van der Waals surface area contributed by atoms with E-state index in [4.69, 9.17) is 15.2 Å². The molecular formula is C13H23N3O2. The van der Waals surface area contributed by atoms with Crippen LogP contribution in [0.4, 0.5) is 0 Å². The van der Waals surface area contributed by atoms with Crippen molar-refractivity contribution < 1.29 is 9.47 Å². The van der Waals surface area contributed by atoms with Gasteiger partial charge in [-0.3, -0.25) is 4.68 Å². The molecule has 0 aromatic carbocycles. The first-order valence-electron chi connectivity index (χ1n) is 6.64. The lowest BCUT2D eigenvalue weighted by Gasteiger charge is -2.35. The van der Waals surface area contributed by atoms with Gasteiger partial charge < -0.3 is 15.2 Å². The standard InChI is InChI=1S/C13H23N3O2/c1-3-16-12(7-11(2)15-16)8-18-13(9-14)5-4-6-17-10-13/h7H,3-6,8-10,14H2,1-2H3. The van der Waals surface area contributed by atoms with Crippen LogP contribution in [0.2, 0.25) is 0 Å². The number of nitrogens with two attached hydrogens (primary N) is 1. The molecule has 0 aliphatic carbocycles. The molecule has 1 unspecified atom stereocenters. The summed E-state index contributed by atoms with van der Waals surface area (Å²) < 4.78 is 13.5. The Kier molecular flexibility index (Phi) is 4.37. The summed E-state index contributed by atoms with van der Waals surface area (Å²) in [5, 5.41) is 4.42. The summed E-state index contributed by atoms with van der Waals surface area (Å²) in [5.41, 5.74) is 7.67. The molecule has 0 amide bonds. The van der Waals surface area contributed by atoms with Gasteiger partial charge in [0.1, 0.15) is 5.60 Å². The highest BCUT2D eigenvalue weighted by Crippen LogP contribution is 2.24. The maximum absolute atomic E-state index is 6.05. The fraction of sp³-hybridized carbons (Fsp3) is 0.769. The molecule has 1 aliphatic heterocycles. The van der Waals surface area contributed by atoms with Crippen molar-refractivity contribution >= 4 is 0 Å². The van der Waals surface area contributed by atoms with Crippen LogP contribution in [-0.4, -0.2) is 35.1 Å². The van der Waals surface area contributed by atoms with Gasteiger partial charge in [-0.15, -0.1) is 0 Å². The van der Waals surface area contributed by atoms with Gasteiger partial charge in [0.05, 0.1) is 24.6 Å². The second-order valence-corrected chi connectivity index (χ2v) is 4.92. The van der Waals surface area contributed by atoms with Gasteiger partial charge in [-0.2, -0.15) is 5.10 Å². The molecule has 0 radical (unpaired) electrons. The second kappa shape index (κ2) is 5.82. The first kappa shape index (κ1) is 13.5. The van der Waals surface area contributed by atoms with Crippen molar-refractivity contribution in [1.29, 1.82) is 0 Å². The van der Waals surface area contributed by atoms with E-state index in [-0.39, 0.29) is 5.60 Å². The quantitative estimate of drug-likeness (QED) is 0.857. The zero-order valence-corrected chi connectivity index (χ0v) is 11.3. The largest absolute Gasteiger partial charge is 0.378 e. The van der Waals surface area contributed by atoms with Crippen molar-refractivity contribution in [2.75, 3.05) is 19.8 Å². The fourth-order valence-corrected chi connectivity index (χ4v) is 2.38. The van der Waals surface area contributed by atoms with E-state index in [9.17, 15) is 0 Å². The van der Waals surface area contributed by atoms with Crippen molar-refractivity contribution in [3.8, 4) is 0 Å². The molecule has 5 nitrogen and oxygen atoms in total. The summed E-state index contributed by atoms with van der Waals surface area (Å²) >= 11 is 0. The minimum atomic E-state index is -0.311. The summed E-state index contributed by atoms with van der Waals surface area (Å²) in [6.07, 6.45) is 1.99. The van der Waals surface area contributed by atoms with Crippen molar-refractivity contribution in [3.05, 3.63) is 17.5 Å². The van der Waals surface area contributed by atoms with Gasteiger partial charge in [-0.05, 0) is 32.8 Å². The van der Waals surface area contributed by atoms with Gasteiger partial charge in [0.2, 0.25) is 0 Å². The van der Waals surface area contributed by atoms with Crippen LogP contribution in [0.5, 0.6) is 0 Å². The highest BCUT2D eigenvalue weighted by atomic mass is 16.5. The molecule has 2 N–H and O–H groups in total. The van der Waals surface area contributed by atoms with E-state index in [0.29, 0.717) is 19.8 Å². The van der Waals surface area contributed by atoms with Crippen LogP contribution in [0.15, 0.2) is 6.07 Å². The lowest BCUT2D eigenvalue weighted by molar-refractivity contribution is -0.131. The third-order valence-electron chi connectivity index (χ3n) is 3.47. The molecule has 1 fully saturated rings. The van der Waals surface area contributed by atoms with Gasteiger partial charge in [-0.25, -0.2) is 0 Å². The summed E-state index contributed by atoms with van der Waals surface area (Å²) in [5.74, 6) is 0.